The van der Waals surface area contributed by atoms with Gasteiger partial charge < -0.3 is 25.1 Å². The first-order valence-corrected chi connectivity index (χ1v) is 13.0. The van der Waals surface area contributed by atoms with Crippen molar-refractivity contribution in [1.29, 1.82) is 0 Å². The van der Waals surface area contributed by atoms with Crippen molar-refractivity contribution < 1.29 is 9.47 Å². The normalized spacial score (nSPS) is 21.0. The van der Waals surface area contributed by atoms with Gasteiger partial charge in [-0.1, -0.05) is 30.3 Å². The van der Waals surface area contributed by atoms with E-state index in [-0.39, 0.29) is 0 Å². The Kier molecular flexibility index (Phi) is 6.57. The zero-order valence-corrected chi connectivity index (χ0v) is 20.5. The molecule has 1 saturated carbocycles. The summed E-state index contributed by atoms with van der Waals surface area (Å²) < 4.78 is 13.8. The Morgan fingerprint density at radius 3 is 2.28 bits per heavy atom. The number of fused-ring (bicyclic) bond motifs is 1. The third-order valence-electron chi connectivity index (χ3n) is 7.57. The van der Waals surface area contributed by atoms with Crippen LogP contribution in [0.15, 0.2) is 67.1 Å². The van der Waals surface area contributed by atoms with Crippen molar-refractivity contribution in [3.8, 4) is 22.6 Å². The Bertz CT molecular complexity index is 1290. The number of rotatable bonds is 6. The summed E-state index contributed by atoms with van der Waals surface area (Å²) in [5.41, 5.74) is 9.45. The average molecular weight is 484 g/mol. The van der Waals surface area contributed by atoms with Crippen molar-refractivity contribution in [3.05, 3.63) is 67.1 Å². The standard InChI is InChI=1S/C29H33N5O2/c30-28-27-26(20-6-12-25(13-7-20)36-24-4-2-1-3-5-24)18-34(29(27)32-19-31-28)23-10-8-21(9-11-23)33-22-14-16-35-17-15-22/h1-7,12-13,18-19,21-23,33H,8-11,14-17H2,(H2,30,31,32)/t21-,23+. The molecule has 0 unspecified atom stereocenters. The molecule has 3 N–H and O–H groups in total. The molecule has 0 radical (unpaired) electrons. The second-order valence-electron chi connectivity index (χ2n) is 9.91. The van der Waals surface area contributed by atoms with Gasteiger partial charge in [0.05, 0.1) is 5.39 Å². The van der Waals surface area contributed by atoms with Crippen LogP contribution in [-0.2, 0) is 4.74 Å². The summed E-state index contributed by atoms with van der Waals surface area (Å²) >= 11 is 0. The van der Waals surface area contributed by atoms with Crippen LogP contribution in [0, 0.1) is 0 Å². The molecule has 0 spiro atoms. The van der Waals surface area contributed by atoms with Gasteiger partial charge in [-0.3, -0.25) is 0 Å². The van der Waals surface area contributed by atoms with Gasteiger partial charge in [-0.2, -0.15) is 0 Å². The quantitative estimate of drug-likeness (QED) is 0.364. The molecule has 2 aliphatic rings. The fourth-order valence-electron chi connectivity index (χ4n) is 5.65. The second-order valence-corrected chi connectivity index (χ2v) is 9.91. The van der Waals surface area contributed by atoms with Crippen LogP contribution in [0.5, 0.6) is 11.5 Å². The van der Waals surface area contributed by atoms with E-state index in [0.29, 0.717) is 23.9 Å². The maximum atomic E-state index is 6.39. The number of nitrogens with one attached hydrogen (secondary N) is 1. The minimum absolute atomic E-state index is 0.406. The van der Waals surface area contributed by atoms with Gasteiger partial charge in [0.25, 0.3) is 0 Å². The maximum Gasteiger partial charge on any atom is 0.146 e. The van der Waals surface area contributed by atoms with E-state index < -0.39 is 0 Å². The molecule has 2 aromatic heterocycles. The van der Waals surface area contributed by atoms with Crippen LogP contribution in [0.3, 0.4) is 0 Å². The lowest BCUT2D eigenvalue weighted by Crippen LogP contribution is -2.43. The first kappa shape index (κ1) is 23.0. The number of ether oxygens (including phenoxy) is 2. The molecule has 4 aromatic rings. The van der Waals surface area contributed by atoms with Crippen LogP contribution in [0.1, 0.15) is 44.6 Å². The molecule has 2 fully saturated rings. The first-order chi connectivity index (χ1) is 17.7. The van der Waals surface area contributed by atoms with Crippen molar-refractivity contribution in [1.82, 2.24) is 19.9 Å². The summed E-state index contributed by atoms with van der Waals surface area (Å²) in [5.74, 6) is 2.14. The first-order valence-electron chi connectivity index (χ1n) is 13.0. The summed E-state index contributed by atoms with van der Waals surface area (Å²) in [4.78, 5) is 8.98. The third kappa shape index (κ3) is 4.81. The van der Waals surface area contributed by atoms with Gasteiger partial charge in [0.2, 0.25) is 0 Å². The molecular weight excluding hydrogens is 450 g/mol. The lowest BCUT2D eigenvalue weighted by atomic mass is 9.90. The van der Waals surface area contributed by atoms with Gasteiger partial charge in [-0.05, 0) is 68.4 Å². The van der Waals surface area contributed by atoms with Crippen LogP contribution < -0.4 is 15.8 Å². The topological polar surface area (TPSA) is 87.2 Å². The van der Waals surface area contributed by atoms with Crippen LogP contribution in [-0.4, -0.2) is 39.8 Å². The number of hydrogen-bond acceptors (Lipinski definition) is 6. The molecule has 0 atom stereocenters. The van der Waals surface area contributed by atoms with Gasteiger partial charge in [0.1, 0.15) is 29.3 Å². The summed E-state index contributed by atoms with van der Waals surface area (Å²) in [6.45, 7) is 1.76. The Labute approximate surface area is 211 Å². The predicted octanol–water partition coefficient (Wildman–Crippen LogP) is 5.73. The van der Waals surface area contributed by atoms with E-state index in [1.54, 1.807) is 6.33 Å². The highest BCUT2D eigenvalue weighted by atomic mass is 16.5. The van der Waals surface area contributed by atoms with E-state index >= 15 is 0 Å². The van der Waals surface area contributed by atoms with E-state index in [2.05, 4.69) is 38.2 Å². The lowest BCUT2D eigenvalue weighted by molar-refractivity contribution is 0.0724. The number of aromatic nitrogens is 3. The highest BCUT2D eigenvalue weighted by molar-refractivity contribution is 6.00. The molecule has 186 valence electrons. The highest BCUT2D eigenvalue weighted by Crippen LogP contribution is 2.38. The molecule has 36 heavy (non-hydrogen) atoms. The highest BCUT2D eigenvalue weighted by Gasteiger charge is 2.27. The molecule has 1 aliphatic heterocycles. The molecule has 1 aliphatic carbocycles. The van der Waals surface area contributed by atoms with Crippen molar-refractivity contribution in [2.24, 2.45) is 0 Å². The van der Waals surface area contributed by atoms with Crippen molar-refractivity contribution in [2.45, 2.75) is 56.7 Å². The van der Waals surface area contributed by atoms with E-state index in [1.807, 2.05) is 42.5 Å². The number of hydrogen-bond donors (Lipinski definition) is 2. The summed E-state index contributed by atoms with van der Waals surface area (Å²) in [5, 5.41) is 4.81. The zero-order chi connectivity index (χ0) is 24.3. The Balaban J connectivity index is 1.22. The van der Waals surface area contributed by atoms with E-state index in [4.69, 9.17) is 15.2 Å². The largest absolute Gasteiger partial charge is 0.457 e. The number of nitrogens with two attached hydrogens (primary N) is 1. The lowest BCUT2D eigenvalue weighted by Gasteiger charge is -2.34. The van der Waals surface area contributed by atoms with E-state index in [0.717, 1.165) is 72.6 Å². The molecule has 3 heterocycles. The summed E-state index contributed by atoms with van der Waals surface area (Å²) in [6.07, 6.45) is 10.6. The molecular formula is C29H33N5O2. The van der Waals surface area contributed by atoms with Crippen LogP contribution >= 0.6 is 0 Å². The maximum absolute atomic E-state index is 6.39. The molecule has 7 heteroatoms. The van der Waals surface area contributed by atoms with E-state index in [1.165, 1.54) is 12.8 Å². The molecule has 2 aromatic carbocycles. The minimum atomic E-state index is 0.406. The smallest absolute Gasteiger partial charge is 0.146 e. The Morgan fingerprint density at radius 1 is 0.833 bits per heavy atom. The minimum Gasteiger partial charge on any atom is -0.457 e. The summed E-state index contributed by atoms with van der Waals surface area (Å²) in [7, 11) is 0. The van der Waals surface area contributed by atoms with Gasteiger partial charge in [-0.15, -0.1) is 0 Å². The Hall–Kier alpha value is -3.42. The second kappa shape index (κ2) is 10.3. The van der Waals surface area contributed by atoms with Gasteiger partial charge in [-0.25, -0.2) is 9.97 Å². The van der Waals surface area contributed by atoms with Crippen LogP contribution in [0.4, 0.5) is 5.82 Å². The molecule has 0 amide bonds. The third-order valence-corrected chi connectivity index (χ3v) is 7.57. The van der Waals surface area contributed by atoms with Crippen molar-refractivity contribution in [2.75, 3.05) is 18.9 Å². The zero-order valence-electron chi connectivity index (χ0n) is 20.5. The number of nitrogens with zero attached hydrogens (tertiary/aromatic N) is 3. The van der Waals surface area contributed by atoms with Gasteiger partial charge in [0.15, 0.2) is 0 Å². The fourth-order valence-corrected chi connectivity index (χ4v) is 5.65. The summed E-state index contributed by atoms with van der Waals surface area (Å²) in [6, 6.07) is 19.6. The van der Waals surface area contributed by atoms with Gasteiger partial charge in [0, 0.05) is 43.1 Å². The molecule has 6 rings (SSSR count). The van der Waals surface area contributed by atoms with Gasteiger partial charge >= 0.3 is 0 Å². The number of nitrogen functional groups attached to an aromatic ring is 1. The Morgan fingerprint density at radius 2 is 1.53 bits per heavy atom. The van der Waals surface area contributed by atoms with Crippen LogP contribution in [0.25, 0.3) is 22.2 Å². The monoisotopic (exact) mass is 483 g/mol. The molecule has 1 saturated heterocycles. The van der Waals surface area contributed by atoms with Crippen molar-refractivity contribution in [3.63, 3.8) is 0 Å². The predicted molar refractivity (Wildman–Crippen MR) is 142 cm³/mol. The number of anilines is 1. The SMILES string of the molecule is Nc1ncnc2c1c(-c1ccc(Oc3ccccc3)cc1)cn2[C@H]1CC[C@@H](NC2CCOCC2)CC1. The fraction of sp³-hybridized carbons (Fsp3) is 0.379. The van der Waals surface area contributed by atoms with E-state index in [9.17, 15) is 0 Å². The van der Waals surface area contributed by atoms with Crippen molar-refractivity contribution >= 4 is 16.9 Å². The van der Waals surface area contributed by atoms with Crippen LogP contribution in [0.2, 0.25) is 0 Å². The molecule has 7 nitrogen and oxygen atoms in total. The molecule has 0 bridgehead atoms. The number of benzene rings is 2. The average Bonchev–Trinajstić information content (AvgIpc) is 3.32. The number of para-hydroxylation sites is 1.